The van der Waals surface area contributed by atoms with Gasteiger partial charge in [-0.2, -0.15) is 0 Å². The topological polar surface area (TPSA) is 84.3 Å². The molecule has 1 aromatic heterocycles. The van der Waals surface area contributed by atoms with Gasteiger partial charge in [0.15, 0.2) is 0 Å². The number of ether oxygens (including phenoxy) is 1. The lowest BCUT2D eigenvalue weighted by atomic mass is 10.0. The molecule has 6 nitrogen and oxygen atoms in total. The fourth-order valence-electron chi connectivity index (χ4n) is 1.94. The molecule has 0 unspecified atom stereocenters. The SMILES string of the molecule is C[C@@H]1C[C@H](n2cc(Br)c(=O)[nH]c2=O)O[C@@H]1CO. The van der Waals surface area contributed by atoms with Crippen molar-refractivity contribution in [1.82, 2.24) is 9.55 Å². The van der Waals surface area contributed by atoms with Crippen LogP contribution in [0.25, 0.3) is 0 Å². The third-order valence-corrected chi connectivity index (χ3v) is 3.52. The van der Waals surface area contributed by atoms with Crippen LogP contribution in [0.4, 0.5) is 0 Å². The van der Waals surface area contributed by atoms with Crippen molar-refractivity contribution < 1.29 is 9.84 Å². The van der Waals surface area contributed by atoms with Gasteiger partial charge in [0.25, 0.3) is 5.56 Å². The molecule has 0 amide bonds. The Bertz CT molecular complexity index is 524. The quantitative estimate of drug-likeness (QED) is 0.818. The highest BCUT2D eigenvalue weighted by Gasteiger charge is 2.33. The van der Waals surface area contributed by atoms with Crippen molar-refractivity contribution in [3.05, 3.63) is 31.5 Å². The summed E-state index contributed by atoms with van der Waals surface area (Å²) in [5.41, 5.74) is -0.968. The Morgan fingerprint density at radius 3 is 2.94 bits per heavy atom. The molecule has 2 heterocycles. The lowest BCUT2D eigenvalue weighted by Crippen LogP contribution is -2.32. The lowest BCUT2D eigenvalue weighted by molar-refractivity contribution is -0.0314. The monoisotopic (exact) mass is 304 g/mol. The van der Waals surface area contributed by atoms with Crippen molar-refractivity contribution in [2.75, 3.05) is 6.61 Å². The van der Waals surface area contributed by atoms with Crippen LogP contribution in [0.1, 0.15) is 19.6 Å². The zero-order valence-corrected chi connectivity index (χ0v) is 10.8. The van der Waals surface area contributed by atoms with E-state index >= 15 is 0 Å². The van der Waals surface area contributed by atoms with Crippen LogP contribution >= 0.6 is 15.9 Å². The molecule has 0 aliphatic carbocycles. The van der Waals surface area contributed by atoms with Gasteiger partial charge in [-0.1, -0.05) is 6.92 Å². The summed E-state index contributed by atoms with van der Waals surface area (Å²) in [5, 5.41) is 9.09. The van der Waals surface area contributed by atoms with Gasteiger partial charge in [0.2, 0.25) is 0 Å². The zero-order chi connectivity index (χ0) is 12.6. The summed E-state index contributed by atoms with van der Waals surface area (Å²) in [7, 11) is 0. The molecule has 7 heteroatoms. The highest BCUT2D eigenvalue weighted by molar-refractivity contribution is 9.10. The summed E-state index contributed by atoms with van der Waals surface area (Å²) in [5.74, 6) is 0.169. The van der Waals surface area contributed by atoms with Crippen molar-refractivity contribution in [2.45, 2.75) is 25.7 Å². The summed E-state index contributed by atoms with van der Waals surface area (Å²) in [6, 6.07) is 0. The average Bonchev–Trinajstić information content (AvgIpc) is 2.65. The highest BCUT2D eigenvalue weighted by Crippen LogP contribution is 2.31. The predicted molar refractivity (Wildman–Crippen MR) is 63.8 cm³/mol. The Morgan fingerprint density at radius 2 is 2.35 bits per heavy atom. The first-order valence-electron chi connectivity index (χ1n) is 5.30. The molecule has 1 aliphatic rings. The van der Waals surface area contributed by atoms with Crippen molar-refractivity contribution in [1.29, 1.82) is 0 Å². The number of nitrogens with one attached hydrogen (secondary N) is 1. The second-order valence-electron chi connectivity index (χ2n) is 4.17. The third-order valence-electron chi connectivity index (χ3n) is 2.95. The molecule has 0 radical (unpaired) electrons. The zero-order valence-electron chi connectivity index (χ0n) is 9.22. The van der Waals surface area contributed by atoms with Crippen LogP contribution in [0.2, 0.25) is 0 Å². The van der Waals surface area contributed by atoms with Crippen molar-refractivity contribution in [3.63, 3.8) is 0 Å². The Morgan fingerprint density at radius 1 is 1.65 bits per heavy atom. The summed E-state index contributed by atoms with van der Waals surface area (Å²) in [6.07, 6.45) is 1.34. The van der Waals surface area contributed by atoms with Gasteiger partial charge in [-0.3, -0.25) is 14.3 Å². The van der Waals surface area contributed by atoms with E-state index in [-0.39, 0.29) is 23.1 Å². The van der Waals surface area contributed by atoms with Gasteiger partial charge < -0.3 is 9.84 Å². The first-order valence-corrected chi connectivity index (χ1v) is 6.09. The summed E-state index contributed by atoms with van der Waals surface area (Å²) in [4.78, 5) is 25.0. The van der Waals surface area contributed by atoms with Gasteiger partial charge in [-0.15, -0.1) is 0 Å². The minimum Gasteiger partial charge on any atom is -0.394 e. The fraction of sp³-hybridized carbons (Fsp3) is 0.600. The number of aliphatic hydroxyl groups is 1. The van der Waals surface area contributed by atoms with Crippen molar-refractivity contribution in [2.24, 2.45) is 5.92 Å². The van der Waals surface area contributed by atoms with Gasteiger partial charge in [-0.05, 0) is 28.3 Å². The van der Waals surface area contributed by atoms with E-state index in [1.807, 2.05) is 6.92 Å². The van der Waals surface area contributed by atoms with Gasteiger partial charge in [0.05, 0.1) is 17.2 Å². The molecular formula is C10H13BrN2O4. The molecule has 1 saturated heterocycles. The number of hydrogen-bond acceptors (Lipinski definition) is 4. The van der Waals surface area contributed by atoms with E-state index < -0.39 is 17.5 Å². The molecule has 0 bridgehead atoms. The van der Waals surface area contributed by atoms with Crippen LogP contribution in [0, 0.1) is 5.92 Å². The van der Waals surface area contributed by atoms with E-state index in [9.17, 15) is 9.59 Å². The van der Waals surface area contributed by atoms with Crippen molar-refractivity contribution in [3.8, 4) is 0 Å². The fourth-order valence-corrected chi connectivity index (χ4v) is 2.26. The van der Waals surface area contributed by atoms with E-state index in [0.29, 0.717) is 6.42 Å². The molecule has 2 N–H and O–H groups in total. The van der Waals surface area contributed by atoms with Gasteiger partial charge in [-0.25, -0.2) is 4.79 Å². The van der Waals surface area contributed by atoms with Gasteiger partial charge in [0, 0.05) is 6.20 Å². The number of aromatic amines is 1. The van der Waals surface area contributed by atoms with E-state index in [2.05, 4.69) is 20.9 Å². The maximum absolute atomic E-state index is 11.6. The number of halogens is 1. The molecule has 1 aliphatic heterocycles. The van der Waals surface area contributed by atoms with Crippen LogP contribution in [-0.4, -0.2) is 27.4 Å². The second kappa shape index (κ2) is 4.75. The molecule has 17 heavy (non-hydrogen) atoms. The Balaban J connectivity index is 2.34. The second-order valence-corrected chi connectivity index (χ2v) is 5.02. The summed E-state index contributed by atoms with van der Waals surface area (Å²) in [6.45, 7) is 1.88. The maximum atomic E-state index is 11.6. The predicted octanol–water partition coefficient (Wildman–Crippen LogP) is 0.215. The molecule has 2 rings (SSSR count). The Hall–Kier alpha value is -0.920. The maximum Gasteiger partial charge on any atom is 0.330 e. The van der Waals surface area contributed by atoms with Crippen LogP contribution in [-0.2, 0) is 4.74 Å². The van der Waals surface area contributed by atoms with Crippen molar-refractivity contribution >= 4 is 15.9 Å². The third kappa shape index (κ3) is 2.36. The molecular weight excluding hydrogens is 292 g/mol. The van der Waals surface area contributed by atoms with Gasteiger partial charge >= 0.3 is 5.69 Å². The molecule has 0 spiro atoms. The summed E-state index contributed by atoms with van der Waals surface area (Å²) >= 11 is 3.07. The van der Waals surface area contributed by atoms with Gasteiger partial charge in [0.1, 0.15) is 6.23 Å². The summed E-state index contributed by atoms with van der Waals surface area (Å²) < 4.78 is 7.16. The Kier molecular flexibility index (Phi) is 3.50. The minimum atomic E-state index is -0.506. The number of nitrogens with zero attached hydrogens (tertiary/aromatic N) is 1. The molecule has 94 valence electrons. The lowest BCUT2D eigenvalue weighted by Gasteiger charge is -2.14. The van der Waals surface area contributed by atoms with E-state index in [4.69, 9.17) is 9.84 Å². The number of H-pyrrole nitrogens is 1. The minimum absolute atomic E-state index is 0.0725. The smallest absolute Gasteiger partial charge is 0.330 e. The number of aliphatic hydroxyl groups excluding tert-OH is 1. The van der Waals surface area contributed by atoms with E-state index in [1.165, 1.54) is 10.8 Å². The molecule has 3 atom stereocenters. The van der Waals surface area contributed by atoms with Crippen LogP contribution < -0.4 is 11.2 Å². The van der Waals surface area contributed by atoms with Crippen LogP contribution in [0.3, 0.4) is 0 Å². The molecule has 1 fully saturated rings. The number of hydrogen-bond donors (Lipinski definition) is 2. The normalized spacial score (nSPS) is 28.5. The molecule has 1 aromatic rings. The van der Waals surface area contributed by atoms with Crippen LogP contribution in [0.5, 0.6) is 0 Å². The molecule has 0 aromatic carbocycles. The molecule has 0 saturated carbocycles. The van der Waals surface area contributed by atoms with E-state index in [1.54, 1.807) is 0 Å². The van der Waals surface area contributed by atoms with Crippen LogP contribution in [0.15, 0.2) is 20.3 Å². The van der Waals surface area contributed by atoms with E-state index in [0.717, 1.165) is 0 Å². The number of aromatic nitrogens is 2. The average molecular weight is 305 g/mol. The highest BCUT2D eigenvalue weighted by atomic mass is 79.9. The standard InChI is InChI=1S/C10H13BrN2O4/c1-5-2-8(17-7(5)4-14)13-3-6(11)9(15)12-10(13)16/h3,5,7-8,14H,2,4H2,1H3,(H,12,15,16)/t5-,7-,8-/m1/s1. The Labute approximate surface area is 105 Å². The first kappa shape index (κ1) is 12.5. The first-order chi connectivity index (χ1) is 8.02. The largest absolute Gasteiger partial charge is 0.394 e. The number of rotatable bonds is 2.